The number of phenols is 1. The molecule has 3 aromatic carbocycles. The van der Waals surface area contributed by atoms with Crippen LogP contribution in [0, 0.1) is 5.82 Å². The zero-order chi connectivity index (χ0) is 17.2. The maximum Gasteiger partial charge on any atom is 0.195 e. The average Bonchev–Trinajstić information content (AvgIpc) is 3.03. The van der Waals surface area contributed by atoms with Gasteiger partial charge in [-0.25, -0.2) is 9.37 Å². The lowest BCUT2D eigenvalue weighted by Crippen LogP contribution is -1.92. The highest BCUT2D eigenvalue weighted by atomic mass is 19.1. The Bertz CT molecular complexity index is 1020. The smallest absolute Gasteiger partial charge is 0.195 e. The van der Waals surface area contributed by atoms with Gasteiger partial charge in [0.05, 0.1) is 0 Å². The van der Waals surface area contributed by atoms with Crippen molar-refractivity contribution in [3.05, 3.63) is 84.0 Å². The van der Waals surface area contributed by atoms with Crippen LogP contribution in [0.1, 0.15) is 11.5 Å². The Hall–Kier alpha value is -3.14. The summed E-state index contributed by atoms with van der Waals surface area (Å²) < 4.78 is 19.5. The number of hydrogen-bond acceptors (Lipinski definition) is 3. The first-order valence-electron chi connectivity index (χ1n) is 8.11. The van der Waals surface area contributed by atoms with Gasteiger partial charge in [-0.3, -0.25) is 0 Å². The predicted octanol–water partition coefficient (Wildman–Crippen LogP) is 5.12. The standard InChI is InChI=1S/C21H16FNO2/c22-18-4-2-1-3-17(18)15-8-5-14(6-9-15)7-12-21-23-19-13-16(24)10-11-20(19)25-21/h1-6,8-11,13,24H,7,12H2. The number of phenolic OH excluding ortho intramolecular Hbond substituents is 1. The Morgan fingerprint density at radius 1 is 0.920 bits per heavy atom. The lowest BCUT2D eigenvalue weighted by molar-refractivity contribution is 0.475. The summed E-state index contributed by atoms with van der Waals surface area (Å²) in [6, 6.07) is 19.5. The summed E-state index contributed by atoms with van der Waals surface area (Å²) in [5.74, 6) is 0.597. The molecule has 0 radical (unpaired) electrons. The molecule has 0 amide bonds. The molecule has 3 nitrogen and oxygen atoms in total. The molecule has 0 unspecified atom stereocenters. The van der Waals surface area contributed by atoms with Crippen LogP contribution in [0.2, 0.25) is 0 Å². The minimum atomic E-state index is -0.218. The number of hydrogen-bond donors (Lipinski definition) is 1. The molecule has 0 saturated heterocycles. The molecule has 124 valence electrons. The van der Waals surface area contributed by atoms with E-state index in [2.05, 4.69) is 4.98 Å². The van der Waals surface area contributed by atoms with Crippen LogP contribution in [-0.4, -0.2) is 10.1 Å². The first-order chi connectivity index (χ1) is 12.2. The molecule has 0 aliphatic heterocycles. The molecular formula is C21H16FNO2. The van der Waals surface area contributed by atoms with Crippen LogP contribution in [0.25, 0.3) is 22.2 Å². The number of aryl methyl sites for hydroxylation is 2. The van der Waals surface area contributed by atoms with E-state index in [4.69, 9.17) is 4.42 Å². The van der Waals surface area contributed by atoms with Crippen molar-refractivity contribution in [3.8, 4) is 16.9 Å². The van der Waals surface area contributed by atoms with Gasteiger partial charge in [-0.15, -0.1) is 0 Å². The van der Waals surface area contributed by atoms with Gasteiger partial charge >= 0.3 is 0 Å². The van der Waals surface area contributed by atoms with Crippen molar-refractivity contribution in [2.45, 2.75) is 12.8 Å². The van der Waals surface area contributed by atoms with Crippen molar-refractivity contribution in [1.82, 2.24) is 4.98 Å². The summed E-state index contributed by atoms with van der Waals surface area (Å²) in [7, 11) is 0. The monoisotopic (exact) mass is 333 g/mol. The van der Waals surface area contributed by atoms with Crippen LogP contribution in [0.3, 0.4) is 0 Å². The molecule has 1 N–H and O–H groups in total. The quantitative estimate of drug-likeness (QED) is 0.563. The molecule has 0 aliphatic rings. The van der Waals surface area contributed by atoms with E-state index in [1.54, 1.807) is 30.3 Å². The van der Waals surface area contributed by atoms with E-state index in [-0.39, 0.29) is 11.6 Å². The van der Waals surface area contributed by atoms with E-state index in [1.807, 2.05) is 30.3 Å². The van der Waals surface area contributed by atoms with Crippen molar-refractivity contribution in [2.24, 2.45) is 0 Å². The molecule has 25 heavy (non-hydrogen) atoms. The number of aromatic hydroxyl groups is 1. The number of nitrogens with zero attached hydrogens (tertiary/aromatic N) is 1. The van der Waals surface area contributed by atoms with Gasteiger partial charge < -0.3 is 9.52 Å². The molecule has 1 aromatic heterocycles. The topological polar surface area (TPSA) is 46.3 Å². The summed E-state index contributed by atoms with van der Waals surface area (Å²) >= 11 is 0. The van der Waals surface area contributed by atoms with Gasteiger partial charge in [-0.1, -0.05) is 42.5 Å². The van der Waals surface area contributed by atoms with Crippen LogP contribution in [0.15, 0.2) is 71.1 Å². The second-order valence-corrected chi connectivity index (χ2v) is 5.94. The van der Waals surface area contributed by atoms with Crippen LogP contribution in [-0.2, 0) is 12.8 Å². The highest BCUT2D eigenvalue weighted by Crippen LogP contribution is 2.24. The average molecular weight is 333 g/mol. The van der Waals surface area contributed by atoms with Crippen molar-refractivity contribution in [3.63, 3.8) is 0 Å². The minimum Gasteiger partial charge on any atom is -0.508 e. The highest BCUT2D eigenvalue weighted by molar-refractivity contribution is 5.74. The summed E-state index contributed by atoms with van der Waals surface area (Å²) in [6.45, 7) is 0. The number of fused-ring (bicyclic) bond motifs is 1. The van der Waals surface area contributed by atoms with E-state index in [1.165, 1.54) is 6.07 Å². The SMILES string of the molecule is Oc1ccc2oc(CCc3ccc(-c4ccccc4F)cc3)nc2c1. The Kier molecular flexibility index (Phi) is 3.94. The molecule has 4 heteroatoms. The lowest BCUT2D eigenvalue weighted by Gasteiger charge is -2.05. The van der Waals surface area contributed by atoms with Gasteiger partial charge in [0, 0.05) is 18.1 Å². The van der Waals surface area contributed by atoms with E-state index in [0.717, 1.165) is 17.5 Å². The van der Waals surface area contributed by atoms with Crippen molar-refractivity contribution in [2.75, 3.05) is 0 Å². The van der Waals surface area contributed by atoms with Gasteiger partial charge in [0.15, 0.2) is 11.5 Å². The summed E-state index contributed by atoms with van der Waals surface area (Å²) in [5, 5.41) is 9.48. The molecule has 0 saturated carbocycles. The van der Waals surface area contributed by atoms with Crippen LogP contribution in [0.4, 0.5) is 4.39 Å². The van der Waals surface area contributed by atoms with Gasteiger partial charge in [0.1, 0.15) is 17.1 Å². The molecule has 0 fully saturated rings. The fourth-order valence-electron chi connectivity index (χ4n) is 2.87. The number of oxazole rings is 1. The normalized spacial score (nSPS) is 11.1. The van der Waals surface area contributed by atoms with Crippen molar-refractivity contribution >= 4 is 11.1 Å². The first kappa shape index (κ1) is 15.4. The number of rotatable bonds is 4. The van der Waals surface area contributed by atoms with E-state index < -0.39 is 0 Å². The fraction of sp³-hybridized carbons (Fsp3) is 0.0952. The molecule has 0 aliphatic carbocycles. The molecule has 4 rings (SSSR count). The third-order valence-electron chi connectivity index (χ3n) is 4.18. The third-order valence-corrected chi connectivity index (χ3v) is 4.18. The largest absolute Gasteiger partial charge is 0.508 e. The van der Waals surface area contributed by atoms with Crippen LogP contribution in [0.5, 0.6) is 5.75 Å². The van der Waals surface area contributed by atoms with Crippen LogP contribution >= 0.6 is 0 Å². The lowest BCUT2D eigenvalue weighted by atomic mass is 10.0. The molecule has 1 heterocycles. The predicted molar refractivity (Wildman–Crippen MR) is 94.9 cm³/mol. The minimum absolute atomic E-state index is 0.177. The Morgan fingerprint density at radius 2 is 1.72 bits per heavy atom. The van der Waals surface area contributed by atoms with Gasteiger partial charge in [-0.05, 0) is 35.7 Å². The number of aromatic nitrogens is 1. The van der Waals surface area contributed by atoms with E-state index in [9.17, 15) is 9.50 Å². The summed E-state index contributed by atoms with van der Waals surface area (Å²) in [4.78, 5) is 4.39. The zero-order valence-corrected chi connectivity index (χ0v) is 13.4. The summed E-state index contributed by atoms with van der Waals surface area (Å²) in [5.41, 5.74) is 3.92. The van der Waals surface area contributed by atoms with E-state index in [0.29, 0.717) is 29.0 Å². The Balaban J connectivity index is 1.48. The third kappa shape index (κ3) is 3.24. The van der Waals surface area contributed by atoms with Crippen molar-refractivity contribution < 1.29 is 13.9 Å². The van der Waals surface area contributed by atoms with Crippen LogP contribution < -0.4 is 0 Å². The molecular weight excluding hydrogens is 317 g/mol. The maximum absolute atomic E-state index is 13.8. The molecule has 0 bridgehead atoms. The second-order valence-electron chi connectivity index (χ2n) is 5.94. The van der Waals surface area contributed by atoms with Crippen molar-refractivity contribution in [1.29, 1.82) is 0 Å². The first-order valence-corrected chi connectivity index (χ1v) is 8.11. The maximum atomic E-state index is 13.8. The zero-order valence-electron chi connectivity index (χ0n) is 13.4. The summed E-state index contributed by atoms with van der Waals surface area (Å²) in [6.07, 6.45) is 1.44. The van der Waals surface area contributed by atoms with Gasteiger partial charge in [0.25, 0.3) is 0 Å². The molecule has 4 aromatic rings. The van der Waals surface area contributed by atoms with E-state index >= 15 is 0 Å². The molecule has 0 atom stereocenters. The fourth-order valence-corrected chi connectivity index (χ4v) is 2.87. The number of halogens is 1. The van der Waals surface area contributed by atoms with Gasteiger partial charge in [-0.2, -0.15) is 0 Å². The van der Waals surface area contributed by atoms with Gasteiger partial charge in [0.2, 0.25) is 0 Å². The molecule has 0 spiro atoms. The number of benzene rings is 3. The highest BCUT2D eigenvalue weighted by Gasteiger charge is 2.08. The Labute approximate surface area is 144 Å². The Morgan fingerprint density at radius 3 is 2.52 bits per heavy atom. The second kappa shape index (κ2) is 6.40.